The first-order valence-electron chi connectivity index (χ1n) is 8.59. The molecule has 0 aliphatic carbocycles. The first-order chi connectivity index (χ1) is 12.6. The lowest BCUT2D eigenvalue weighted by Crippen LogP contribution is -2.49. The average molecular weight is 366 g/mol. The van der Waals surface area contributed by atoms with E-state index >= 15 is 0 Å². The van der Waals surface area contributed by atoms with Crippen LogP contribution in [0.25, 0.3) is 0 Å². The fraction of sp³-hybridized carbons (Fsp3) is 0.562. The van der Waals surface area contributed by atoms with Crippen molar-refractivity contribution in [1.82, 2.24) is 25.5 Å². The molecule has 26 heavy (non-hydrogen) atoms. The van der Waals surface area contributed by atoms with E-state index in [9.17, 15) is 8.78 Å². The number of nitrogens with zero attached hydrogens (tertiary/aromatic N) is 3. The summed E-state index contributed by atoms with van der Waals surface area (Å²) in [5.41, 5.74) is 0. The largest absolute Gasteiger partial charge is 0.473 e. The Bertz CT molecular complexity index is 758. The van der Waals surface area contributed by atoms with Gasteiger partial charge in [-0.2, -0.15) is 18.9 Å². The normalized spacial score (nSPS) is 27.5. The Balaban J connectivity index is 1.41. The van der Waals surface area contributed by atoms with E-state index in [1.54, 1.807) is 6.20 Å². The fourth-order valence-electron chi connectivity index (χ4n) is 3.64. The zero-order chi connectivity index (χ0) is 18.1. The van der Waals surface area contributed by atoms with Gasteiger partial charge in [-0.1, -0.05) is 6.92 Å². The van der Waals surface area contributed by atoms with E-state index in [4.69, 9.17) is 4.74 Å². The maximum absolute atomic E-state index is 12.2. The van der Waals surface area contributed by atoms with Gasteiger partial charge in [0, 0.05) is 24.1 Å². The van der Waals surface area contributed by atoms with Gasteiger partial charge in [-0.15, -0.1) is 0 Å². The maximum atomic E-state index is 12.2. The number of piperidine rings is 1. The van der Waals surface area contributed by atoms with Crippen LogP contribution in [0.3, 0.4) is 0 Å². The molecule has 0 radical (unpaired) electrons. The van der Waals surface area contributed by atoms with Crippen molar-refractivity contribution in [3.8, 4) is 11.8 Å². The first kappa shape index (κ1) is 17.0. The Kier molecular flexibility index (Phi) is 4.58. The van der Waals surface area contributed by atoms with Gasteiger partial charge in [-0.25, -0.2) is 5.10 Å². The zero-order valence-corrected chi connectivity index (χ0v) is 14.2. The van der Waals surface area contributed by atoms with E-state index in [1.165, 1.54) is 25.1 Å². The minimum Gasteiger partial charge on any atom is -0.473 e. The molecule has 0 saturated carbocycles. The van der Waals surface area contributed by atoms with Crippen molar-refractivity contribution in [2.24, 2.45) is 5.92 Å². The predicted octanol–water partition coefficient (Wildman–Crippen LogP) is 2.45. The Morgan fingerprint density at radius 3 is 3.00 bits per heavy atom. The fourth-order valence-corrected chi connectivity index (χ4v) is 3.64. The van der Waals surface area contributed by atoms with E-state index in [-0.39, 0.29) is 12.0 Å². The van der Waals surface area contributed by atoms with Crippen LogP contribution in [0.1, 0.15) is 26.2 Å². The number of fused-ring (bicyclic) bond motifs is 2. The Morgan fingerprint density at radius 1 is 1.27 bits per heavy atom. The number of rotatable bonds is 6. The van der Waals surface area contributed by atoms with Crippen molar-refractivity contribution >= 4 is 11.6 Å². The van der Waals surface area contributed by atoms with E-state index in [0.717, 1.165) is 6.42 Å². The van der Waals surface area contributed by atoms with Crippen LogP contribution in [0.5, 0.6) is 11.8 Å². The molecule has 2 bridgehead atoms. The van der Waals surface area contributed by atoms with Crippen LogP contribution in [0, 0.1) is 5.92 Å². The molecule has 2 fully saturated rings. The molecular formula is C16H20F2N6O2. The smallest absolute Gasteiger partial charge is 0.388 e. The van der Waals surface area contributed by atoms with Crippen LogP contribution < -0.4 is 20.1 Å². The molecule has 3 N–H and O–H groups in total. The molecule has 0 amide bonds. The van der Waals surface area contributed by atoms with Gasteiger partial charge in [0.1, 0.15) is 6.10 Å². The van der Waals surface area contributed by atoms with Gasteiger partial charge in [-0.3, -0.25) is 4.98 Å². The Morgan fingerprint density at radius 2 is 2.15 bits per heavy atom. The molecule has 4 rings (SSSR count). The summed E-state index contributed by atoms with van der Waals surface area (Å²) in [4.78, 5) is 8.50. The zero-order valence-electron chi connectivity index (χ0n) is 14.2. The number of halogens is 2. The van der Waals surface area contributed by atoms with E-state index in [2.05, 4.69) is 42.5 Å². The molecule has 0 unspecified atom stereocenters. The number of hydrogen-bond donors (Lipinski definition) is 3. The number of nitrogens with one attached hydrogen (secondary N) is 3. The van der Waals surface area contributed by atoms with Gasteiger partial charge < -0.3 is 20.1 Å². The monoisotopic (exact) mass is 366 g/mol. The van der Waals surface area contributed by atoms with Crippen LogP contribution in [-0.4, -0.2) is 45.0 Å². The number of alkyl halides is 2. The summed E-state index contributed by atoms with van der Waals surface area (Å²) >= 11 is 0. The molecule has 2 saturated heterocycles. The number of H-pyrrole nitrogens is 1. The average Bonchev–Trinajstić information content (AvgIpc) is 3.20. The lowest BCUT2D eigenvalue weighted by atomic mass is 9.91. The third-order valence-electron chi connectivity index (χ3n) is 4.92. The molecule has 4 atom stereocenters. The molecule has 0 aromatic carbocycles. The molecule has 2 aromatic rings. The third-order valence-corrected chi connectivity index (χ3v) is 4.92. The summed E-state index contributed by atoms with van der Waals surface area (Å²) in [5, 5.41) is 12.7. The lowest BCUT2D eigenvalue weighted by molar-refractivity contribution is -0.0528. The number of hydrogen-bond acceptors (Lipinski definition) is 7. The number of aromatic nitrogens is 4. The summed E-state index contributed by atoms with van der Waals surface area (Å²) in [5.74, 6) is 1.38. The molecule has 10 heteroatoms. The highest BCUT2D eigenvalue weighted by molar-refractivity contribution is 5.52. The molecule has 2 aliphatic rings. The van der Waals surface area contributed by atoms with Crippen LogP contribution in [-0.2, 0) is 0 Å². The van der Waals surface area contributed by atoms with E-state index < -0.39 is 6.61 Å². The first-order valence-corrected chi connectivity index (χ1v) is 8.59. The summed E-state index contributed by atoms with van der Waals surface area (Å²) in [7, 11) is 0. The molecule has 4 heterocycles. The summed E-state index contributed by atoms with van der Waals surface area (Å²) in [6, 6.07) is 2.31. The molecule has 0 spiro atoms. The highest BCUT2D eigenvalue weighted by Crippen LogP contribution is 2.33. The Hall–Kier alpha value is -2.49. The van der Waals surface area contributed by atoms with E-state index in [0.29, 0.717) is 35.5 Å². The highest BCUT2D eigenvalue weighted by Gasteiger charge is 2.40. The van der Waals surface area contributed by atoms with Gasteiger partial charge in [0.05, 0.1) is 12.4 Å². The minimum absolute atomic E-state index is 0.0923. The number of aromatic amines is 1. The van der Waals surface area contributed by atoms with Crippen LogP contribution in [0.2, 0.25) is 0 Å². The summed E-state index contributed by atoms with van der Waals surface area (Å²) < 4.78 is 34.7. The van der Waals surface area contributed by atoms with Gasteiger partial charge in [0.2, 0.25) is 11.8 Å². The second-order valence-electron chi connectivity index (χ2n) is 6.66. The van der Waals surface area contributed by atoms with Crippen LogP contribution in [0.15, 0.2) is 18.5 Å². The van der Waals surface area contributed by atoms with Crippen molar-refractivity contribution in [2.45, 2.75) is 51.0 Å². The molecular weight excluding hydrogens is 346 g/mol. The second kappa shape index (κ2) is 7.02. The number of anilines is 2. The maximum Gasteiger partial charge on any atom is 0.388 e. The SMILES string of the molecule is C[C@H]1[C@@H](Oc2cncc(Nc3cc(OC(F)F)[nH]n3)n2)C[C@@H]2CC[C@H]1N2. The van der Waals surface area contributed by atoms with Crippen molar-refractivity contribution in [2.75, 3.05) is 5.32 Å². The lowest BCUT2D eigenvalue weighted by Gasteiger charge is -2.35. The predicted molar refractivity (Wildman–Crippen MR) is 88.7 cm³/mol. The third kappa shape index (κ3) is 3.69. The summed E-state index contributed by atoms with van der Waals surface area (Å²) in [6.45, 7) is -0.727. The van der Waals surface area contributed by atoms with Gasteiger partial charge in [0.25, 0.3) is 0 Å². The highest BCUT2D eigenvalue weighted by atomic mass is 19.3. The molecule has 2 aliphatic heterocycles. The number of ether oxygens (including phenoxy) is 2. The van der Waals surface area contributed by atoms with Crippen molar-refractivity contribution < 1.29 is 18.3 Å². The Labute approximate surface area is 148 Å². The summed E-state index contributed by atoms with van der Waals surface area (Å²) in [6.07, 6.45) is 6.48. The van der Waals surface area contributed by atoms with Gasteiger partial charge in [0.15, 0.2) is 11.6 Å². The van der Waals surface area contributed by atoms with Crippen molar-refractivity contribution in [3.05, 3.63) is 18.5 Å². The van der Waals surface area contributed by atoms with Gasteiger partial charge in [-0.05, 0) is 19.3 Å². The molecule has 140 valence electrons. The molecule has 2 aromatic heterocycles. The standard InChI is InChI=1S/C16H20F2N6O2/c1-8-10-3-2-9(20-10)4-11(8)25-15-7-19-6-13(22-15)21-12-5-14(24-23-12)26-16(17)18/h5-11,16,20H,2-4H2,1H3,(H2,21,22,23,24)/t8-,9+,10-,11+/m1/s1. The van der Waals surface area contributed by atoms with Gasteiger partial charge >= 0.3 is 6.61 Å². The van der Waals surface area contributed by atoms with Crippen LogP contribution >= 0.6 is 0 Å². The van der Waals surface area contributed by atoms with E-state index in [1.807, 2.05) is 0 Å². The van der Waals surface area contributed by atoms with Crippen molar-refractivity contribution in [3.63, 3.8) is 0 Å². The van der Waals surface area contributed by atoms with Crippen molar-refractivity contribution in [1.29, 1.82) is 0 Å². The second-order valence-corrected chi connectivity index (χ2v) is 6.66. The van der Waals surface area contributed by atoms with Crippen LogP contribution in [0.4, 0.5) is 20.4 Å². The molecule has 8 nitrogen and oxygen atoms in total. The minimum atomic E-state index is -2.91. The topological polar surface area (TPSA) is 97.0 Å². The quantitative estimate of drug-likeness (QED) is 0.722.